The van der Waals surface area contributed by atoms with E-state index in [2.05, 4.69) is 9.46 Å². The molecule has 1 aromatic carbocycles. The first-order chi connectivity index (χ1) is 7.04. The third kappa shape index (κ3) is 3.19. The number of ether oxygens (including phenoxy) is 1. The molecular weight excluding hydrogens is 242 g/mol. The normalized spacial score (nSPS) is 11.9. The Morgan fingerprint density at radius 3 is 2.80 bits per heavy atom. The van der Waals surface area contributed by atoms with Crippen molar-refractivity contribution in [2.75, 3.05) is 11.8 Å². The average Bonchev–Trinajstić information content (AvgIpc) is 2.19. The highest BCUT2D eigenvalue weighted by molar-refractivity contribution is 7.80. The Morgan fingerprint density at radius 1 is 1.60 bits per heavy atom. The van der Waals surface area contributed by atoms with Gasteiger partial charge in [-0.1, -0.05) is 11.6 Å². The lowest BCUT2D eigenvalue weighted by atomic mass is 10.2. The molecule has 0 aliphatic heterocycles. The first-order valence-electron chi connectivity index (χ1n) is 3.78. The number of esters is 1. The fourth-order valence-corrected chi connectivity index (χ4v) is 1.50. The fourth-order valence-electron chi connectivity index (χ4n) is 0.974. The van der Waals surface area contributed by atoms with Crippen LogP contribution >= 0.6 is 11.6 Å². The van der Waals surface area contributed by atoms with Gasteiger partial charge in [-0.2, -0.15) is 0 Å². The Labute approximate surface area is 93.8 Å². The summed E-state index contributed by atoms with van der Waals surface area (Å²) >= 11 is 3.16. The summed E-state index contributed by atoms with van der Waals surface area (Å²) in [6.45, 7) is 0. The van der Waals surface area contributed by atoms with Gasteiger partial charge in [-0.15, -0.1) is 0 Å². The van der Waals surface area contributed by atoms with Crippen molar-refractivity contribution in [1.29, 1.82) is 0 Å². The summed E-state index contributed by atoms with van der Waals surface area (Å²) in [5.74, 6) is -0.662. The zero-order chi connectivity index (χ0) is 11.4. The van der Waals surface area contributed by atoms with Gasteiger partial charge in [0.15, 0.2) is 0 Å². The first kappa shape index (κ1) is 12.0. The molecule has 0 aliphatic rings. The minimum atomic E-state index is -2.50. The molecule has 0 fully saturated rings. The van der Waals surface area contributed by atoms with Crippen molar-refractivity contribution in [3.05, 3.63) is 28.8 Å². The molecule has 0 aromatic heterocycles. The van der Waals surface area contributed by atoms with Gasteiger partial charge in [-0.05, 0) is 18.2 Å². The van der Waals surface area contributed by atoms with Crippen molar-refractivity contribution in [3.8, 4) is 0 Å². The minimum Gasteiger partial charge on any atom is -0.755 e. The Balaban J connectivity index is 3.14. The lowest BCUT2D eigenvalue weighted by Gasteiger charge is -2.12. The smallest absolute Gasteiger partial charge is 0.340 e. The largest absolute Gasteiger partial charge is 0.755 e. The number of carbonyl (C=O) groups excluding carboxylic acids is 1. The minimum absolute atomic E-state index is 0.0641. The van der Waals surface area contributed by atoms with Crippen LogP contribution in [0.3, 0.4) is 0 Å². The first-order valence-corrected chi connectivity index (χ1v) is 5.23. The van der Waals surface area contributed by atoms with Gasteiger partial charge in [-0.3, -0.25) is 4.21 Å². The molecule has 0 radical (unpaired) electrons. The Hall–Kier alpha value is -1.11. The highest BCUT2D eigenvalue weighted by atomic mass is 35.5. The van der Waals surface area contributed by atoms with Gasteiger partial charge in [0.25, 0.3) is 0 Å². The number of methoxy groups -OCH3 is 1. The predicted molar refractivity (Wildman–Crippen MR) is 55.3 cm³/mol. The lowest BCUT2D eigenvalue weighted by molar-refractivity contribution is 0.0602. The van der Waals surface area contributed by atoms with Crippen LogP contribution in [0.5, 0.6) is 0 Å². The van der Waals surface area contributed by atoms with Crippen LogP contribution < -0.4 is 4.72 Å². The molecule has 0 spiro atoms. The molecule has 7 heteroatoms. The molecule has 0 saturated heterocycles. The van der Waals surface area contributed by atoms with Gasteiger partial charge in [0.1, 0.15) is 0 Å². The maximum Gasteiger partial charge on any atom is 0.340 e. The number of carbonyl (C=O) groups is 1. The molecule has 82 valence electrons. The van der Waals surface area contributed by atoms with Crippen LogP contribution in [0.15, 0.2) is 18.2 Å². The molecule has 1 rings (SSSR count). The van der Waals surface area contributed by atoms with Crippen LogP contribution in [0.1, 0.15) is 10.4 Å². The van der Waals surface area contributed by atoms with Crippen LogP contribution in [0.2, 0.25) is 5.02 Å². The second-order valence-electron chi connectivity index (χ2n) is 2.52. The van der Waals surface area contributed by atoms with Crippen molar-refractivity contribution in [2.45, 2.75) is 0 Å². The lowest BCUT2D eigenvalue weighted by Crippen LogP contribution is -2.09. The van der Waals surface area contributed by atoms with E-state index >= 15 is 0 Å². The Bertz CT molecular complexity index is 410. The monoisotopic (exact) mass is 248 g/mol. The van der Waals surface area contributed by atoms with Crippen molar-refractivity contribution < 1.29 is 18.3 Å². The van der Waals surface area contributed by atoms with E-state index in [0.29, 0.717) is 5.02 Å². The topological polar surface area (TPSA) is 78.5 Å². The molecule has 5 nitrogen and oxygen atoms in total. The zero-order valence-corrected chi connectivity index (χ0v) is 9.22. The molecule has 1 unspecified atom stereocenters. The molecule has 0 bridgehead atoms. The van der Waals surface area contributed by atoms with E-state index in [1.54, 1.807) is 0 Å². The summed E-state index contributed by atoms with van der Waals surface area (Å²) in [6.07, 6.45) is 0. The van der Waals surface area contributed by atoms with Gasteiger partial charge in [-0.25, -0.2) is 4.79 Å². The van der Waals surface area contributed by atoms with Crippen LogP contribution in [-0.2, 0) is 16.0 Å². The summed E-state index contributed by atoms with van der Waals surface area (Å²) < 4.78 is 27.4. The van der Waals surface area contributed by atoms with Crippen LogP contribution in [0.4, 0.5) is 5.69 Å². The third-order valence-electron chi connectivity index (χ3n) is 1.58. The SMILES string of the molecule is COC(=O)c1cc(Cl)ccc1NS(=O)[O-]. The standard InChI is InChI=1S/C8H8ClNO4S/c1-14-8(11)6-4-5(9)2-3-7(6)10-15(12)13/h2-4,10H,1H3,(H,12,13)/p-1. The number of hydrogen-bond acceptors (Lipinski definition) is 4. The van der Waals surface area contributed by atoms with E-state index in [0.717, 1.165) is 0 Å². The number of halogens is 1. The summed E-state index contributed by atoms with van der Waals surface area (Å²) in [5, 5.41) is 0.317. The van der Waals surface area contributed by atoms with E-state index in [1.807, 2.05) is 0 Å². The fraction of sp³-hybridized carbons (Fsp3) is 0.125. The predicted octanol–water partition coefficient (Wildman–Crippen LogP) is 1.33. The summed E-state index contributed by atoms with van der Waals surface area (Å²) in [6, 6.07) is 4.16. The number of anilines is 1. The van der Waals surface area contributed by atoms with Crippen LogP contribution in [0, 0.1) is 0 Å². The Kier molecular flexibility index (Phi) is 4.07. The van der Waals surface area contributed by atoms with Gasteiger partial charge < -0.3 is 14.0 Å². The second-order valence-corrected chi connectivity index (χ2v) is 3.63. The number of hydrogen-bond donors (Lipinski definition) is 1. The van der Waals surface area contributed by atoms with E-state index in [1.165, 1.54) is 25.3 Å². The van der Waals surface area contributed by atoms with Crippen molar-refractivity contribution in [3.63, 3.8) is 0 Å². The third-order valence-corrected chi connectivity index (χ3v) is 2.20. The molecule has 1 N–H and O–H groups in total. The van der Waals surface area contributed by atoms with Gasteiger partial charge in [0, 0.05) is 16.3 Å². The molecule has 1 aromatic rings. The number of rotatable bonds is 3. The van der Waals surface area contributed by atoms with Crippen LogP contribution in [-0.4, -0.2) is 21.8 Å². The summed E-state index contributed by atoms with van der Waals surface area (Å²) in [4.78, 5) is 11.2. The van der Waals surface area contributed by atoms with E-state index in [4.69, 9.17) is 11.6 Å². The van der Waals surface area contributed by atoms with Gasteiger partial charge in [0.05, 0.1) is 18.4 Å². The molecule has 15 heavy (non-hydrogen) atoms. The van der Waals surface area contributed by atoms with Crippen molar-refractivity contribution in [2.24, 2.45) is 0 Å². The summed E-state index contributed by atoms with van der Waals surface area (Å²) in [7, 11) is 1.20. The van der Waals surface area contributed by atoms with E-state index < -0.39 is 17.2 Å². The van der Waals surface area contributed by atoms with E-state index in [9.17, 15) is 13.6 Å². The van der Waals surface area contributed by atoms with Crippen molar-refractivity contribution in [1.82, 2.24) is 0 Å². The average molecular weight is 249 g/mol. The molecule has 0 amide bonds. The van der Waals surface area contributed by atoms with Gasteiger partial charge >= 0.3 is 5.97 Å². The van der Waals surface area contributed by atoms with E-state index in [-0.39, 0.29) is 11.3 Å². The molecule has 0 aliphatic carbocycles. The van der Waals surface area contributed by atoms with Crippen LogP contribution in [0.25, 0.3) is 0 Å². The number of nitrogens with one attached hydrogen (secondary N) is 1. The molecule has 1 atom stereocenters. The molecular formula is C8H7ClNO4S-. The second kappa shape index (κ2) is 5.11. The maximum absolute atomic E-state index is 11.2. The molecule has 0 saturated carbocycles. The quantitative estimate of drug-likeness (QED) is 0.647. The highest BCUT2D eigenvalue weighted by Gasteiger charge is 2.12. The summed E-state index contributed by atoms with van der Waals surface area (Å²) in [5.41, 5.74) is 0.189. The maximum atomic E-state index is 11.2. The van der Waals surface area contributed by atoms with Gasteiger partial charge in [0.2, 0.25) is 0 Å². The zero-order valence-electron chi connectivity index (χ0n) is 7.65. The Morgan fingerprint density at radius 2 is 2.27 bits per heavy atom. The molecule has 0 heterocycles. The highest BCUT2D eigenvalue weighted by Crippen LogP contribution is 2.21. The number of benzene rings is 1. The van der Waals surface area contributed by atoms with Crippen molar-refractivity contribution >= 4 is 34.5 Å².